The molecule has 1 aliphatic rings. The predicted molar refractivity (Wildman–Crippen MR) is 112 cm³/mol. The number of hydrogen-bond donors (Lipinski definition) is 2. The summed E-state index contributed by atoms with van der Waals surface area (Å²) in [7, 11) is 0. The second-order valence-corrected chi connectivity index (χ2v) is 8.19. The van der Waals surface area contributed by atoms with E-state index in [2.05, 4.69) is 20.3 Å². The van der Waals surface area contributed by atoms with Crippen LogP contribution in [0.1, 0.15) is 45.3 Å². The monoisotopic (exact) mass is 411 g/mol. The van der Waals surface area contributed by atoms with E-state index in [4.69, 9.17) is 0 Å². The first kappa shape index (κ1) is 19.8. The molecule has 0 saturated carbocycles. The van der Waals surface area contributed by atoms with Gasteiger partial charge in [-0.15, -0.1) is 11.3 Å². The fourth-order valence-corrected chi connectivity index (χ4v) is 4.41. The van der Waals surface area contributed by atoms with Crippen LogP contribution in [0.15, 0.2) is 41.9 Å². The summed E-state index contributed by atoms with van der Waals surface area (Å²) in [5, 5.41) is 20.1. The Hall–Kier alpha value is -2.55. The summed E-state index contributed by atoms with van der Waals surface area (Å²) in [5.74, 6) is -0.176. The first-order chi connectivity index (χ1) is 14.2. The largest absolute Gasteiger partial charge is 0.394 e. The van der Waals surface area contributed by atoms with Gasteiger partial charge in [0.2, 0.25) is 0 Å². The number of nitrogens with one attached hydrogen (secondary N) is 1. The minimum absolute atomic E-state index is 0.00156. The summed E-state index contributed by atoms with van der Waals surface area (Å²) in [5.41, 5.74) is 3.51. The average molecular weight is 412 g/mol. The van der Waals surface area contributed by atoms with Gasteiger partial charge in [0.15, 0.2) is 5.69 Å². The summed E-state index contributed by atoms with van der Waals surface area (Å²) in [6.07, 6.45) is 2.62. The molecule has 0 radical (unpaired) electrons. The highest BCUT2D eigenvalue weighted by molar-refractivity contribution is 7.09. The lowest BCUT2D eigenvalue weighted by Crippen LogP contribution is -2.33. The molecule has 1 aromatic carbocycles. The van der Waals surface area contributed by atoms with Gasteiger partial charge < -0.3 is 10.4 Å². The van der Waals surface area contributed by atoms with Crippen LogP contribution in [0.25, 0.3) is 0 Å². The van der Waals surface area contributed by atoms with E-state index in [1.54, 1.807) is 16.0 Å². The number of aliphatic hydroxyl groups is 1. The number of aliphatic hydroxyl groups excluding tert-OH is 1. The van der Waals surface area contributed by atoms with Crippen LogP contribution in [0.2, 0.25) is 0 Å². The summed E-state index contributed by atoms with van der Waals surface area (Å²) in [6, 6.07) is 9.78. The zero-order valence-corrected chi connectivity index (χ0v) is 17.2. The smallest absolute Gasteiger partial charge is 0.272 e. The Morgan fingerprint density at radius 1 is 1.34 bits per heavy atom. The molecule has 0 aliphatic carbocycles. The van der Waals surface area contributed by atoms with Gasteiger partial charge in [-0.05, 0) is 12.5 Å². The van der Waals surface area contributed by atoms with E-state index in [9.17, 15) is 9.90 Å². The van der Waals surface area contributed by atoms with E-state index in [0.717, 1.165) is 41.3 Å². The van der Waals surface area contributed by atoms with Crippen LogP contribution >= 0.6 is 11.3 Å². The molecule has 1 unspecified atom stereocenters. The van der Waals surface area contributed by atoms with Crippen molar-refractivity contribution in [1.82, 2.24) is 25.0 Å². The van der Waals surface area contributed by atoms with Gasteiger partial charge in [-0.2, -0.15) is 5.10 Å². The van der Waals surface area contributed by atoms with Crippen LogP contribution in [0, 0.1) is 0 Å². The maximum Gasteiger partial charge on any atom is 0.272 e. The first-order valence-electron chi connectivity index (χ1n) is 9.81. The van der Waals surface area contributed by atoms with Crippen molar-refractivity contribution in [3.8, 4) is 0 Å². The van der Waals surface area contributed by atoms with E-state index in [-0.39, 0.29) is 18.6 Å². The number of thiazole rings is 1. The van der Waals surface area contributed by atoms with Crippen molar-refractivity contribution in [2.24, 2.45) is 0 Å². The molecule has 4 rings (SSSR count). The Labute approximate surface area is 174 Å². The molecular weight excluding hydrogens is 386 g/mol. The molecule has 29 heavy (non-hydrogen) atoms. The lowest BCUT2D eigenvalue weighted by Gasteiger charge is -2.27. The zero-order valence-electron chi connectivity index (χ0n) is 16.4. The third kappa shape index (κ3) is 4.39. The fourth-order valence-electron chi connectivity index (χ4n) is 3.76. The Kier molecular flexibility index (Phi) is 6.03. The van der Waals surface area contributed by atoms with Gasteiger partial charge in [-0.3, -0.25) is 14.4 Å². The lowest BCUT2D eigenvalue weighted by atomic mass is 10.0. The molecule has 0 saturated heterocycles. The number of carbonyl (C=O) groups excluding carboxylic acids is 1. The van der Waals surface area contributed by atoms with Gasteiger partial charge in [-0.1, -0.05) is 30.3 Å². The quantitative estimate of drug-likeness (QED) is 0.624. The molecule has 0 spiro atoms. The van der Waals surface area contributed by atoms with E-state index in [1.165, 1.54) is 0 Å². The standard InChI is InChI=1S/C21H25N5O2S/c1-15(16-5-3-2-4-6-16)23-21(28)20-17-13-25(14-19-22-8-12-29-19)9-7-18(17)26(24-20)10-11-27/h2-6,8,12,15,27H,7,9-11,13-14H2,1H3,(H,23,28). The van der Waals surface area contributed by atoms with Crippen LogP contribution in [-0.2, 0) is 26.1 Å². The Morgan fingerprint density at radius 2 is 2.17 bits per heavy atom. The molecule has 2 aromatic heterocycles. The normalized spacial score (nSPS) is 15.1. The van der Waals surface area contributed by atoms with Crippen molar-refractivity contribution in [2.75, 3.05) is 13.2 Å². The highest BCUT2D eigenvalue weighted by atomic mass is 32.1. The molecule has 7 nitrogen and oxygen atoms in total. The Bertz CT molecular complexity index is 955. The second-order valence-electron chi connectivity index (χ2n) is 7.21. The zero-order chi connectivity index (χ0) is 20.2. The number of carbonyl (C=O) groups is 1. The molecule has 3 aromatic rings. The predicted octanol–water partition coefficient (Wildman–Crippen LogP) is 2.38. The molecule has 8 heteroatoms. The van der Waals surface area contributed by atoms with Gasteiger partial charge >= 0.3 is 0 Å². The summed E-state index contributed by atoms with van der Waals surface area (Å²) >= 11 is 1.64. The van der Waals surface area contributed by atoms with Crippen LogP contribution < -0.4 is 5.32 Å². The van der Waals surface area contributed by atoms with Crippen molar-refractivity contribution in [3.05, 3.63) is 69.4 Å². The molecular formula is C21H25N5O2S. The number of fused-ring (bicyclic) bond motifs is 1. The van der Waals surface area contributed by atoms with E-state index in [0.29, 0.717) is 18.8 Å². The Balaban J connectivity index is 1.55. The van der Waals surface area contributed by atoms with Crippen molar-refractivity contribution >= 4 is 17.2 Å². The SMILES string of the molecule is CC(NC(=O)c1nn(CCO)c2c1CN(Cc1nccs1)CC2)c1ccccc1. The highest BCUT2D eigenvalue weighted by Gasteiger charge is 2.29. The first-order valence-corrected chi connectivity index (χ1v) is 10.7. The molecule has 1 amide bonds. The summed E-state index contributed by atoms with van der Waals surface area (Å²) in [6.45, 7) is 4.67. The molecule has 2 N–H and O–H groups in total. The van der Waals surface area contributed by atoms with Gasteiger partial charge in [-0.25, -0.2) is 4.98 Å². The Morgan fingerprint density at radius 3 is 2.90 bits per heavy atom. The minimum Gasteiger partial charge on any atom is -0.394 e. The van der Waals surface area contributed by atoms with Crippen LogP contribution in [0.5, 0.6) is 0 Å². The molecule has 152 valence electrons. The van der Waals surface area contributed by atoms with Crippen LogP contribution in [0.3, 0.4) is 0 Å². The second kappa shape index (κ2) is 8.86. The molecule has 1 atom stereocenters. The van der Waals surface area contributed by atoms with E-state index < -0.39 is 0 Å². The third-order valence-electron chi connectivity index (χ3n) is 5.23. The third-order valence-corrected chi connectivity index (χ3v) is 5.99. The van der Waals surface area contributed by atoms with E-state index in [1.807, 2.05) is 48.8 Å². The number of nitrogens with zero attached hydrogens (tertiary/aromatic N) is 4. The molecule has 1 aliphatic heterocycles. The lowest BCUT2D eigenvalue weighted by molar-refractivity contribution is 0.0931. The van der Waals surface area contributed by atoms with Crippen LogP contribution in [-0.4, -0.2) is 43.8 Å². The van der Waals surface area contributed by atoms with Crippen molar-refractivity contribution < 1.29 is 9.90 Å². The van der Waals surface area contributed by atoms with Crippen molar-refractivity contribution in [1.29, 1.82) is 0 Å². The number of aromatic nitrogens is 3. The molecule has 3 heterocycles. The van der Waals surface area contributed by atoms with Gasteiger partial charge in [0.1, 0.15) is 5.01 Å². The molecule has 0 fully saturated rings. The minimum atomic E-state index is -0.176. The van der Waals surface area contributed by atoms with E-state index >= 15 is 0 Å². The van der Waals surface area contributed by atoms with Crippen LogP contribution in [0.4, 0.5) is 0 Å². The number of benzene rings is 1. The maximum atomic E-state index is 13.1. The van der Waals surface area contributed by atoms with Crippen molar-refractivity contribution in [3.63, 3.8) is 0 Å². The highest BCUT2D eigenvalue weighted by Crippen LogP contribution is 2.25. The topological polar surface area (TPSA) is 83.3 Å². The van der Waals surface area contributed by atoms with Crippen molar-refractivity contribution in [2.45, 2.75) is 39.0 Å². The maximum absolute atomic E-state index is 13.1. The average Bonchev–Trinajstić information content (AvgIpc) is 3.37. The fraction of sp³-hybridized carbons (Fsp3) is 0.381. The number of hydrogen-bond acceptors (Lipinski definition) is 6. The van der Waals surface area contributed by atoms with Gasteiger partial charge in [0.05, 0.1) is 25.7 Å². The van der Waals surface area contributed by atoms with Gasteiger partial charge in [0.25, 0.3) is 5.91 Å². The van der Waals surface area contributed by atoms with Gasteiger partial charge in [0, 0.05) is 42.3 Å². The number of rotatable bonds is 7. The molecule has 0 bridgehead atoms. The number of amides is 1. The summed E-state index contributed by atoms with van der Waals surface area (Å²) in [4.78, 5) is 19.7. The summed E-state index contributed by atoms with van der Waals surface area (Å²) < 4.78 is 1.79.